The third-order valence-electron chi connectivity index (χ3n) is 1.27. The number of hydrogen-bond donors (Lipinski definition) is 3. The van der Waals surface area contributed by atoms with Crippen molar-refractivity contribution in [3.05, 3.63) is 0 Å². The first kappa shape index (κ1) is 17.2. The van der Waals surface area contributed by atoms with Gasteiger partial charge in [-0.25, -0.2) is 9.59 Å². The second kappa shape index (κ2) is 8.00. The Balaban J connectivity index is 0. The van der Waals surface area contributed by atoms with Gasteiger partial charge in [-0.2, -0.15) is 0 Å². The van der Waals surface area contributed by atoms with Gasteiger partial charge in [0.05, 0.1) is 6.42 Å². The van der Waals surface area contributed by atoms with E-state index in [2.05, 4.69) is 4.74 Å². The van der Waals surface area contributed by atoms with E-state index in [-0.39, 0.29) is 37.7 Å². The molecule has 0 bridgehead atoms. The van der Waals surface area contributed by atoms with Crippen LogP contribution in [0.15, 0.2) is 0 Å². The van der Waals surface area contributed by atoms with E-state index >= 15 is 0 Å². The Bertz CT molecular complexity index is 256. The van der Waals surface area contributed by atoms with Crippen LogP contribution in [0.2, 0.25) is 0 Å². The van der Waals surface area contributed by atoms with E-state index in [4.69, 9.17) is 16.6 Å². The Morgan fingerprint density at radius 2 is 1.80 bits per heavy atom. The van der Waals surface area contributed by atoms with Crippen molar-refractivity contribution >= 4 is 55.6 Å². The molecule has 8 heteroatoms. The van der Waals surface area contributed by atoms with Gasteiger partial charge in [0.2, 0.25) is 5.91 Å². The number of carbonyl (C=O) groups is 3. The molecule has 0 fully saturated rings. The summed E-state index contributed by atoms with van der Waals surface area (Å²) in [4.78, 5) is 31.9. The van der Waals surface area contributed by atoms with Gasteiger partial charge in [0, 0.05) is 0 Å². The summed E-state index contributed by atoms with van der Waals surface area (Å²) in [6.45, 7) is 1.13. The summed E-state index contributed by atoms with van der Waals surface area (Å²) >= 11 is 0. The molecular formula is C7H14CaN2O5. The maximum absolute atomic E-state index is 10.9. The van der Waals surface area contributed by atoms with Gasteiger partial charge in [-0.3, -0.25) is 4.79 Å². The molecule has 0 aromatic carbocycles. The summed E-state index contributed by atoms with van der Waals surface area (Å²) in [6.07, 6.45) is -1.83. The molecule has 0 aromatic heterocycles. The van der Waals surface area contributed by atoms with E-state index < -0.39 is 36.4 Å². The second-order valence-corrected chi connectivity index (χ2v) is 2.69. The van der Waals surface area contributed by atoms with Crippen LogP contribution in [-0.4, -0.2) is 72.8 Å². The van der Waals surface area contributed by atoms with Crippen LogP contribution in [0.5, 0.6) is 0 Å². The third-order valence-corrected chi connectivity index (χ3v) is 1.27. The normalized spacial score (nSPS) is 13.3. The fraction of sp³-hybridized carbons (Fsp3) is 0.571. The zero-order chi connectivity index (χ0) is 11.3. The molecule has 15 heavy (non-hydrogen) atoms. The van der Waals surface area contributed by atoms with Gasteiger partial charge in [-0.15, -0.1) is 0 Å². The van der Waals surface area contributed by atoms with Crippen molar-refractivity contribution in [1.29, 1.82) is 0 Å². The van der Waals surface area contributed by atoms with Gasteiger partial charge in [0.15, 0.2) is 0 Å². The summed E-state index contributed by atoms with van der Waals surface area (Å²) in [6, 6.07) is -1.28. The first-order valence-corrected chi connectivity index (χ1v) is 3.82. The predicted octanol–water partition coefficient (Wildman–Crippen LogP) is -3.28. The molecular weight excluding hydrogens is 232 g/mol. The van der Waals surface area contributed by atoms with Crippen LogP contribution in [0.25, 0.3) is 0 Å². The second-order valence-electron chi connectivity index (χ2n) is 2.69. The zero-order valence-electron chi connectivity index (χ0n) is 7.60. The van der Waals surface area contributed by atoms with Gasteiger partial charge >= 0.3 is 49.7 Å². The van der Waals surface area contributed by atoms with E-state index in [0.717, 1.165) is 6.92 Å². The topological polar surface area (TPSA) is 133 Å². The average molecular weight is 246 g/mol. The summed E-state index contributed by atoms with van der Waals surface area (Å²) in [5.41, 5.74) is 9.92. The molecule has 0 aliphatic rings. The van der Waals surface area contributed by atoms with Gasteiger partial charge in [-0.1, -0.05) is 0 Å². The molecule has 2 atom stereocenters. The van der Waals surface area contributed by atoms with Crippen molar-refractivity contribution in [3.8, 4) is 0 Å². The molecule has 1 amide bonds. The molecule has 2 unspecified atom stereocenters. The van der Waals surface area contributed by atoms with Crippen LogP contribution >= 0.6 is 0 Å². The zero-order valence-corrected chi connectivity index (χ0v) is 7.60. The molecule has 0 aliphatic heterocycles. The molecule has 0 aliphatic carbocycles. The van der Waals surface area contributed by atoms with Gasteiger partial charge in [0.1, 0.15) is 12.1 Å². The Hall–Kier alpha value is -0.210. The number of primary amides is 1. The van der Waals surface area contributed by atoms with E-state index in [1.807, 2.05) is 0 Å². The number of hydrogen-bond acceptors (Lipinski definition) is 6. The Morgan fingerprint density at radius 3 is 2.13 bits per heavy atom. The first-order valence-electron chi connectivity index (χ1n) is 3.82. The van der Waals surface area contributed by atoms with Crippen LogP contribution in [0.4, 0.5) is 0 Å². The summed E-state index contributed by atoms with van der Waals surface area (Å²) in [5.74, 6) is -2.98. The molecule has 0 saturated carbocycles. The fourth-order valence-electron chi connectivity index (χ4n) is 0.560. The SMILES string of the molecule is CC(O)C(=O)OC(=O)C(N)CC(N)=O.[CaH2]. The minimum absolute atomic E-state index is 0. The predicted molar refractivity (Wildman–Crippen MR) is 53.1 cm³/mol. The van der Waals surface area contributed by atoms with Crippen molar-refractivity contribution in [2.45, 2.75) is 25.5 Å². The van der Waals surface area contributed by atoms with Crippen molar-refractivity contribution in [2.75, 3.05) is 0 Å². The summed E-state index contributed by atoms with van der Waals surface area (Å²) in [7, 11) is 0. The number of amides is 1. The third kappa shape index (κ3) is 7.69. The van der Waals surface area contributed by atoms with Crippen molar-refractivity contribution < 1.29 is 24.2 Å². The van der Waals surface area contributed by atoms with Gasteiger partial charge in [-0.05, 0) is 6.92 Å². The molecule has 5 N–H and O–H groups in total. The molecule has 7 nitrogen and oxygen atoms in total. The first-order chi connectivity index (χ1) is 6.34. The quantitative estimate of drug-likeness (QED) is 0.271. The Labute approximate surface area is 116 Å². The van der Waals surface area contributed by atoms with Crippen LogP contribution in [0, 0.1) is 0 Å². The summed E-state index contributed by atoms with van der Waals surface area (Å²) in [5, 5.41) is 8.67. The number of rotatable bonds is 4. The molecule has 0 saturated heterocycles. The number of aliphatic hydroxyl groups is 1. The molecule has 0 rings (SSSR count). The number of aliphatic hydroxyl groups excluding tert-OH is 1. The van der Waals surface area contributed by atoms with E-state index in [1.165, 1.54) is 0 Å². The van der Waals surface area contributed by atoms with E-state index in [1.54, 1.807) is 0 Å². The number of carbonyl (C=O) groups excluding carboxylic acids is 3. The summed E-state index contributed by atoms with van der Waals surface area (Å²) < 4.78 is 4.11. The molecule has 84 valence electrons. The van der Waals surface area contributed by atoms with Crippen LogP contribution in [-0.2, 0) is 19.1 Å². The molecule has 0 aromatic rings. The average Bonchev–Trinajstić information content (AvgIpc) is 2.02. The molecule has 0 spiro atoms. The maximum atomic E-state index is 10.9. The van der Waals surface area contributed by atoms with Crippen molar-refractivity contribution in [2.24, 2.45) is 11.5 Å². The number of ether oxygens (including phenoxy) is 1. The van der Waals surface area contributed by atoms with Crippen LogP contribution < -0.4 is 11.5 Å². The monoisotopic (exact) mass is 246 g/mol. The molecule has 0 radical (unpaired) electrons. The standard InChI is InChI=1S/C7H12N2O5.Ca.2H/c1-3(10)6(12)14-7(13)4(8)2-5(9)11;;;/h3-4,10H,2,8H2,1H3,(H2,9,11);;;. The van der Waals surface area contributed by atoms with Crippen LogP contribution in [0.1, 0.15) is 13.3 Å². The van der Waals surface area contributed by atoms with Gasteiger partial charge < -0.3 is 21.3 Å². The Kier molecular flexibility index (Phi) is 9.17. The number of nitrogens with two attached hydrogens (primary N) is 2. The Morgan fingerprint density at radius 1 is 1.33 bits per heavy atom. The number of esters is 2. The van der Waals surface area contributed by atoms with E-state index in [0.29, 0.717) is 0 Å². The minimum atomic E-state index is -1.42. The fourth-order valence-corrected chi connectivity index (χ4v) is 0.560. The van der Waals surface area contributed by atoms with Crippen LogP contribution in [0.3, 0.4) is 0 Å². The van der Waals surface area contributed by atoms with Crippen molar-refractivity contribution in [3.63, 3.8) is 0 Å². The van der Waals surface area contributed by atoms with Gasteiger partial charge in [0.25, 0.3) is 0 Å². The van der Waals surface area contributed by atoms with Crippen molar-refractivity contribution in [1.82, 2.24) is 0 Å². The molecule has 0 heterocycles. The van der Waals surface area contributed by atoms with E-state index in [9.17, 15) is 14.4 Å².